The lowest BCUT2D eigenvalue weighted by Crippen LogP contribution is -2.37. The van der Waals surface area contributed by atoms with Crippen molar-refractivity contribution in [3.05, 3.63) is 52.9 Å². The maximum absolute atomic E-state index is 12.7. The number of rotatable bonds is 4. The fraction of sp³-hybridized carbons (Fsp3) is 0.316. The number of carboxylic acids is 1. The van der Waals surface area contributed by atoms with Crippen LogP contribution in [0, 0.1) is 0 Å². The number of aliphatic carboxylic acids is 1. The van der Waals surface area contributed by atoms with Gasteiger partial charge in [-0.3, -0.25) is 9.48 Å². The molecule has 1 aromatic carbocycles. The number of hydrogen-bond acceptors (Lipinski definition) is 4. The van der Waals surface area contributed by atoms with Crippen LogP contribution in [0.3, 0.4) is 0 Å². The summed E-state index contributed by atoms with van der Waals surface area (Å²) in [6.07, 6.45) is 6.79. The van der Waals surface area contributed by atoms with E-state index < -0.39 is 11.6 Å². The van der Waals surface area contributed by atoms with Crippen molar-refractivity contribution in [2.75, 3.05) is 0 Å². The van der Waals surface area contributed by atoms with Crippen molar-refractivity contribution in [2.45, 2.75) is 32.3 Å². The molecule has 0 bridgehead atoms. The number of hydrogen-bond donors (Lipinski definition) is 1. The Morgan fingerprint density at radius 3 is 2.76 bits per heavy atom. The average molecular weight is 340 g/mol. The summed E-state index contributed by atoms with van der Waals surface area (Å²) < 4.78 is 7.25. The second-order valence-corrected chi connectivity index (χ2v) is 6.68. The molecular weight excluding hydrogens is 320 g/mol. The van der Waals surface area contributed by atoms with Gasteiger partial charge in [-0.05, 0) is 56.5 Å². The topological polar surface area (TPSA) is 81.4 Å². The minimum Gasteiger partial charge on any atom is -0.478 e. The monoisotopic (exact) mass is 340 g/mol. The first kappa shape index (κ1) is 17.0. The van der Waals surface area contributed by atoms with Crippen molar-refractivity contribution >= 4 is 17.8 Å². The molecule has 1 aromatic heterocycles. The van der Waals surface area contributed by atoms with E-state index in [9.17, 15) is 9.59 Å². The maximum Gasteiger partial charge on any atom is 0.347 e. The molecule has 1 heterocycles. The Bertz CT molecular complexity index is 877. The average Bonchev–Trinajstić information content (AvgIpc) is 2.95. The molecule has 0 unspecified atom stereocenters. The first-order chi connectivity index (χ1) is 11.8. The predicted octanol–water partition coefficient (Wildman–Crippen LogP) is 2.87. The van der Waals surface area contributed by atoms with Crippen LogP contribution in [0.2, 0.25) is 0 Å². The molecule has 0 amide bonds. The Labute approximate surface area is 145 Å². The van der Waals surface area contributed by atoms with E-state index in [0.29, 0.717) is 24.2 Å². The van der Waals surface area contributed by atoms with Gasteiger partial charge in [-0.1, -0.05) is 0 Å². The van der Waals surface area contributed by atoms with Crippen molar-refractivity contribution < 1.29 is 19.4 Å². The highest BCUT2D eigenvalue weighted by molar-refractivity contribution is 6.13. The summed E-state index contributed by atoms with van der Waals surface area (Å²) in [6, 6.07) is 5.12. The summed E-state index contributed by atoms with van der Waals surface area (Å²) in [5.41, 5.74) is 1.85. The van der Waals surface area contributed by atoms with Gasteiger partial charge in [0.05, 0.1) is 6.20 Å². The van der Waals surface area contributed by atoms with Crippen molar-refractivity contribution in [3.63, 3.8) is 0 Å². The van der Waals surface area contributed by atoms with Gasteiger partial charge < -0.3 is 9.84 Å². The fourth-order valence-corrected chi connectivity index (χ4v) is 2.81. The number of ketones is 1. The molecule has 0 saturated heterocycles. The Hall–Kier alpha value is -2.89. The Morgan fingerprint density at radius 2 is 2.12 bits per heavy atom. The van der Waals surface area contributed by atoms with Gasteiger partial charge in [-0.2, -0.15) is 5.10 Å². The van der Waals surface area contributed by atoms with E-state index in [1.165, 1.54) is 13.8 Å². The number of Topliss-reactive ketones (excluding diaryl/α,β-unsaturated/α-hetero) is 1. The lowest BCUT2D eigenvalue weighted by atomic mass is 9.86. The van der Waals surface area contributed by atoms with Crippen LogP contribution in [0.15, 0.2) is 36.2 Å². The number of carboxylic acid groups (broad SMARTS) is 1. The minimum absolute atomic E-state index is 0.00542. The summed E-state index contributed by atoms with van der Waals surface area (Å²) in [5.74, 6) is -0.587. The van der Waals surface area contributed by atoms with Gasteiger partial charge in [0.25, 0.3) is 0 Å². The summed E-state index contributed by atoms with van der Waals surface area (Å²) >= 11 is 0. The maximum atomic E-state index is 12.7. The van der Waals surface area contributed by atoms with E-state index in [-0.39, 0.29) is 5.78 Å². The van der Waals surface area contributed by atoms with Crippen LogP contribution in [0.4, 0.5) is 0 Å². The zero-order valence-corrected chi connectivity index (χ0v) is 14.4. The number of carbonyl (C=O) groups excluding carboxylic acids is 1. The molecule has 1 aliphatic carbocycles. The number of allylic oxidation sites excluding steroid dienone is 1. The van der Waals surface area contributed by atoms with E-state index in [1.54, 1.807) is 29.1 Å². The van der Waals surface area contributed by atoms with Crippen LogP contribution in [-0.4, -0.2) is 32.2 Å². The van der Waals surface area contributed by atoms with E-state index in [0.717, 1.165) is 16.7 Å². The molecule has 130 valence electrons. The molecule has 0 spiro atoms. The molecule has 0 radical (unpaired) electrons. The van der Waals surface area contributed by atoms with Crippen LogP contribution >= 0.6 is 0 Å². The second kappa shape index (κ2) is 6.20. The van der Waals surface area contributed by atoms with Crippen molar-refractivity contribution in [1.29, 1.82) is 0 Å². The third-order valence-electron chi connectivity index (χ3n) is 4.23. The third kappa shape index (κ3) is 3.47. The number of carbonyl (C=O) groups is 2. The summed E-state index contributed by atoms with van der Waals surface area (Å²) in [4.78, 5) is 23.9. The zero-order chi connectivity index (χ0) is 18.2. The Kier molecular flexibility index (Phi) is 4.20. The van der Waals surface area contributed by atoms with Crippen LogP contribution in [0.5, 0.6) is 5.75 Å². The van der Waals surface area contributed by atoms with Gasteiger partial charge in [0, 0.05) is 29.9 Å². The molecule has 6 nitrogen and oxygen atoms in total. The van der Waals surface area contributed by atoms with E-state index in [4.69, 9.17) is 9.84 Å². The molecule has 0 aliphatic heterocycles. The van der Waals surface area contributed by atoms with Crippen molar-refractivity contribution in [2.24, 2.45) is 7.05 Å². The normalized spacial score (nSPS) is 16.0. The summed E-state index contributed by atoms with van der Waals surface area (Å²) in [6.45, 7) is 2.99. The number of aryl methyl sites for hydroxylation is 2. The molecule has 2 aromatic rings. The molecule has 3 rings (SSSR count). The van der Waals surface area contributed by atoms with Crippen molar-refractivity contribution in [3.8, 4) is 5.75 Å². The largest absolute Gasteiger partial charge is 0.478 e. The first-order valence-corrected chi connectivity index (χ1v) is 8.05. The smallest absolute Gasteiger partial charge is 0.347 e. The number of ether oxygens (including phenoxy) is 1. The molecule has 0 atom stereocenters. The number of aromatic nitrogens is 2. The molecular formula is C19H20N2O4. The van der Waals surface area contributed by atoms with Crippen LogP contribution in [0.1, 0.15) is 41.8 Å². The van der Waals surface area contributed by atoms with Gasteiger partial charge in [-0.25, -0.2) is 4.79 Å². The summed E-state index contributed by atoms with van der Waals surface area (Å²) in [7, 11) is 1.83. The Balaban J connectivity index is 1.85. The summed E-state index contributed by atoms with van der Waals surface area (Å²) in [5, 5.41) is 13.3. The van der Waals surface area contributed by atoms with E-state index in [2.05, 4.69) is 5.10 Å². The number of benzene rings is 1. The van der Waals surface area contributed by atoms with Gasteiger partial charge in [0.2, 0.25) is 0 Å². The van der Waals surface area contributed by atoms with E-state index in [1.807, 2.05) is 19.3 Å². The molecule has 0 saturated carbocycles. The van der Waals surface area contributed by atoms with Gasteiger partial charge >= 0.3 is 5.97 Å². The van der Waals surface area contributed by atoms with Gasteiger partial charge in [0.1, 0.15) is 5.75 Å². The predicted molar refractivity (Wildman–Crippen MR) is 92.6 cm³/mol. The lowest BCUT2D eigenvalue weighted by molar-refractivity contribution is -0.152. The highest BCUT2D eigenvalue weighted by atomic mass is 16.5. The SMILES string of the molecule is Cn1cc(C=C2CCc3cc(OC(C)(C)C(=O)O)ccc3C2=O)cn1. The molecule has 1 aliphatic rings. The standard InChI is InChI=1S/C19H20N2O4/c1-19(2,18(23)24)25-15-6-7-16-13(9-15)4-5-14(17(16)22)8-12-10-20-21(3)11-12/h6-11H,4-5H2,1-3H3,(H,23,24). The fourth-order valence-electron chi connectivity index (χ4n) is 2.81. The Morgan fingerprint density at radius 1 is 1.36 bits per heavy atom. The highest BCUT2D eigenvalue weighted by Gasteiger charge is 2.30. The van der Waals surface area contributed by atoms with Gasteiger partial charge in [-0.15, -0.1) is 0 Å². The molecule has 0 fully saturated rings. The first-order valence-electron chi connectivity index (χ1n) is 8.05. The van der Waals surface area contributed by atoms with E-state index >= 15 is 0 Å². The van der Waals surface area contributed by atoms with Crippen LogP contribution in [0.25, 0.3) is 6.08 Å². The lowest BCUT2D eigenvalue weighted by Gasteiger charge is -2.23. The molecule has 1 N–H and O–H groups in total. The quantitative estimate of drug-likeness (QED) is 0.866. The number of fused-ring (bicyclic) bond motifs is 1. The van der Waals surface area contributed by atoms with Crippen LogP contribution in [-0.2, 0) is 18.3 Å². The molecule has 25 heavy (non-hydrogen) atoms. The molecule has 6 heteroatoms. The minimum atomic E-state index is -1.32. The van der Waals surface area contributed by atoms with Crippen molar-refractivity contribution in [1.82, 2.24) is 9.78 Å². The number of nitrogens with zero attached hydrogens (tertiary/aromatic N) is 2. The second-order valence-electron chi connectivity index (χ2n) is 6.68. The van der Waals surface area contributed by atoms with Crippen LogP contribution < -0.4 is 4.74 Å². The highest BCUT2D eigenvalue weighted by Crippen LogP contribution is 2.30. The van der Waals surface area contributed by atoms with Gasteiger partial charge in [0.15, 0.2) is 11.4 Å². The third-order valence-corrected chi connectivity index (χ3v) is 4.23. The zero-order valence-electron chi connectivity index (χ0n) is 14.4.